The number of nitrogens with one attached hydrogen (secondary N) is 1. The van der Waals surface area contributed by atoms with E-state index in [2.05, 4.69) is 5.32 Å². The van der Waals surface area contributed by atoms with Gasteiger partial charge in [-0.15, -0.1) is 0 Å². The molecule has 0 spiro atoms. The summed E-state index contributed by atoms with van der Waals surface area (Å²) in [4.78, 5) is 23.8. The second-order valence-corrected chi connectivity index (χ2v) is 5.56. The van der Waals surface area contributed by atoms with E-state index in [1.807, 2.05) is 41.5 Å². The van der Waals surface area contributed by atoms with Gasteiger partial charge in [-0.25, -0.2) is 0 Å². The quantitative estimate of drug-likeness (QED) is 0.738. The van der Waals surface area contributed by atoms with Crippen LogP contribution < -0.4 is 11.1 Å². The Balaban J connectivity index is 4.68. The van der Waals surface area contributed by atoms with Crippen molar-refractivity contribution in [3.8, 4) is 0 Å². The lowest BCUT2D eigenvalue weighted by molar-refractivity contribution is -0.131. The van der Waals surface area contributed by atoms with E-state index in [9.17, 15) is 9.59 Å². The van der Waals surface area contributed by atoms with Crippen LogP contribution in [0, 0.1) is 17.8 Å². The van der Waals surface area contributed by atoms with Gasteiger partial charge in [0.15, 0.2) is 5.78 Å². The van der Waals surface area contributed by atoms with Crippen molar-refractivity contribution in [2.75, 3.05) is 0 Å². The molecule has 0 bridgehead atoms. The van der Waals surface area contributed by atoms with Gasteiger partial charge in [0.25, 0.3) is 0 Å². The average molecular weight is 242 g/mol. The van der Waals surface area contributed by atoms with E-state index in [4.69, 9.17) is 5.73 Å². The van der Waals surface area contributed by atoms with Crippen molar-refractivity contribution >= 4 is 11.7 Å². The molecule has 0 rings (SSSR count). The second kappa shape index (κ2) is 6.74. The fourth-order valence-electron chi connectivity index (χ4n) is 1.48. The van der Waals surface area contributed by atoms with Gasteiger partial charge in [-0.1, -0.05) is 41.5 Å². The monoisotopic (exact) mass is 242 g/mol. The minimum absolute atomic E-state index is 0.0595. The van der Waals surface area contributed by atoms with Crippen LogP contribution in [0.1, 0.15) is 41.5 Å². The summed E-state index contributed by atoms with van der Waals surface area (Å²) in [6, 6.07) is -0.997. The van der Waals surface area contributed by atoms with Crippen LogP contribution in [0.4, 0.5) is 0 Å². The van der Waals surface area contributed by atoms with E-state index in [0.29, 0.717) is 0 Å². The number of rotatable bonds is 6. The Bertz CT molecular complexity index is 273. The van der Waals surface area contributed by atoms with Crippen LogP contribution >= 0.6 is 0 Å². The highest BCUT2D eigenvalue weighted by Gasteiger charge is 2.28. The molecular formula is C13H26N2O2. The number of Topliss-reactive ketones (excluding diaryl/α,β-unsaturated/α-hetero) is 1. The van der Waals surface area contributed by atoms with E-state index in [1.165, 1.54) is 0 Å². The van der Waals surface area contributed by atoms with Crippen molar-refractivity contribution in [1.82, 2.24) is 5.32 Å². The Morgan fingerprint density at radius 1 is 0.941 bits per heavy atom. The summed E-state index contributed by atoms with van der Waals surface area (Å²) in [5, 5.41) is 2.77. The third-order valence-electron chi connectivity index (χ3n) is 2.86. The first-order valence-electron chi connectivity index (χ1n) is 6.28. The van der Waals surface area contributed by atoms with Crippen LogP contribution in [0.2, 0.25) is 0 Å². The maximum absolute atomic E-state index is 12.0. The van der Waals surface area contributed by atoms with E-state index in [-0.39, 0.29) is 29.4 Å². The molecule has 0 saturated heterocycles. The minimum Gasteiger partial charge on any atom is -0.345 e. The van der Waals surface area contributed by atoms with Gasteiger partial charge in [0.05, 0.1) is 12.1 Å². The third-order valence-corrected chi connectivity index (χ3v) is 2.86. The first kappa shape index (κ1) is 16.1. The van der Waals surface area contributed by atoms with Crippen molar-refractivity contribution < 1.29 is 9.59 Å². The minimum atomic E-state index is -0.559. The van der Waals surface area contributed by atoms with Crippen molar-refractivity contribution in [3.05, 3.63) is 0 Å². The van der Waals surface area contributed by atoms with Crippen LogP contribution in [0.15, 0.2) is 0 Å². The Hall–Kier alpha value is -0.900. The highest BCUT2D eigenvalue weighted by Crippen LogP contribution is 2.10. The second-order valence-electron chi connectivity index (χ2n) is 5.56. The predicted octanol–water partition coefficient (Wildman–Crippen LogP) is 1.34. The number of hydrogen-bond donors (Lipinski definition) is 2. The number of carbonyl (C=O) groups is 2. The maximum atomic E-state index is 12.0. The molecule has 0 fully saturated rings. The average Bonchev–Trinajstić information content (AvgIpc) is 2.22. The number of carbonyl (C=O) groups excluding carboxylic acids is 2. The molecule has 0 aliphatic rings. The molecule has 4 nitrogen and oxygen atoms in total. The van der Waals surface area contributed by atoms with E-state index in [1.54, 1.807) is 0 Å². The molecule has 0 aromatic rings. The molecule has 0 aromatic carbocycles. The van der Waals surface area contributed by atoms with Gasteiger partial charge in [0, 0.05) is 5.92 Å². The molecule has 4 heteroatoms. The molecule has 0 radical (unpaired) electrons. The van der Waals surface area contributed by atoms with Crippen molar-refractivity contribution in [3.63, 3.8) is 0 Å². The van der Waals surface area contributed by atoms with Crippen LogP contribution in [0.3, 0.4) is 0 Å². The molecule has 3 N–H and O–H groups in total. The van der Waals surface area contributed by atoms with Crippen LogP contribution in [-0.2, 0) is 9.59 Å². The zero-order chi connectivity index (χ0) is 13.7. The van der Waals surface area contributed by atoms with Crippen LogP contribution in [-0.4, -0.2) is 23.8 Å². The van der Waals surface area contributed by atoms with Crippen molar-refractivity contribution in [2.45, 2.75) is 53.6 Å². The summed E-state index contributed by atoms with van der Waals surface area (Å²) in [6.45, 7) is 11.3. The predicted molar refractivity (Wildman–Crippen MR) is 69.4 cm³/mol. The molecule has 0 aromatic heterocycles. The highest BCUT2D eigenvalue weighted by molar-refractivity contribution is 5.91. The number of amides is 1. The number of hydrogen-bond acceptors (Lipinski definition) is 3. The summed E-state index contributed by atoms with van der Waals surface area (Å²) < 4.78 is 0. The first-order chi connectivity index (χ1) is 7.68. The molecular weight excluding hydrogens is 216 g/mol. The molecule has 0 saturated carbocycles. The molecule has 0 aliphatic carbocycles. The smallest absolute Gasteiger partial charge is 0.237 e. The SMILES string of the molecule is CC(C)C(=O)[C@@H](NC(=O)[C@@H](N)C(C)C)C(C)C. The maximum Gasteiger partial charge on any atom is 0.237 e. The van der Waals surface area contributed by atoms with Gasteiger partial charge in [0.1, 0.15) is 0 Å². The molecule has 100 valence electrons. The van der Waals surface area contributed by atoms with Gasteiger partial charge in [-0.05, 0) is 11.8 Å². The van der Waals surface area contributed by atoms with Crippen molar-refractivity contribution in [1.29, 1.82) is 0 Å². The van der Waals surface area contributed by atoms with Crippen molar-refractivity contribution in [2.24, 2.45) is 23.5 Å². The Morgan fingerprint density at radius 2 is 1.41 bits per heavy atom. The zero-order valence-electron chi connectivity index (χ0n) is 11.8. The standard InChI is InChI=1S/C13H26N2O2/c1-7(2)10(14)13(17)15-11(8(3)4)12(16)9(5)6/h7-11H,14H2,1-6H3,(H,15,17)/t10-,11-/m0/s1. The van der Waals surface area contributed by atoms with Gasteiger partial charge in [-0.2, -0.15) is 0 Å². The lowest BCUT2D eigenvalue weighted by atomic mass is 9.92. The van der Waals surface area contributed by atoms with Crippen LogP contribution in [0.5, 0.6) is 0 Å². The summed E-state index contributed by atoms with van der Waals surface area (Å²) >= 11 is 0. The van der Waals surface area contributed by atoms with Gasteiger partial charge < -0.3 is 11.1 Å². The lowest BCUT2D eigenvalue weighted by Gasteiger charge is -2.25. The lowest BCUT2D eigenvalue weighted by Crippen LogP contribution is -2.52. The Labute approximate surface area is 104 Å². The molecule has 2 atom stereocenters. The fourth-order valence-corrected chi connectivity index (χ4v) is 1.48. The largest absolute Gasteiger partial charge is 0.345 e. The topological polar surface area (TPSA) is 72.2 Å². The van der Waals surface area contributed by atoms with E-state index in [0.717, 1.165) is 0 Å². The van der Waals surface area contributed by atoms with Gasteiger partial charge in [0.2, 0.25) is 5.91 Å². The third kappa shape index (κ3) is 4.86. The number of ketones is 1. The Morgan fingerprint density at radius 3 is 1.71 bits per heavy atom. The molecule has 17 heavy (non-hydrogen) atoms. The fraction of sp³-hybridized carbons (Fsp3) is 0.846. The molecule has 0 aliphatic heterocycles. The summed E-state index contributed by atoms with van der Waals surface area (Å²) in [7, 11) is 0. The Kier molecular flexibility index (Phi) is 6.39. The summed E-state index contributed by atoms with van der Waals surface area (Å²) in [5.41, 5.74) is 5.76. The first-order valence-corrected chi connectivity index (χ1v) is 6.28. The molecule has 0 heterocycles. The van der Waals surface area contributed by atoms with Gasteiger partial charge >= 0.3 is 0 Å². The molecule has 1 amide bonds. The summed E-state index contributed by atoms with van der Waals surface area (Å²) in [5.74, 6) is -0.125. The van der Waals surface area contributed by atoms with E-state index < -0.39 is 12.1 Å². The summed E-state index contributed by atoms with van der Waals surface area (Å²) in [6.07, 6.45) is 0. The number of nitrogens with two attached hydrogens (primary N) is 1. The van der Waals surface area contributed by atoms with Gasteiger partial charge in [-0.3, -0.25) is 9.59 Å². The normalized spacial score (nSPS) is 15.2. The van der Waals surface area contributed by atoms with E-state index >= 15 is 0 Å². The zero-order valence-corrected chi connectivity index (χ0v) is 11.8. The van der Waals surface area contributed by atoms with Crippen LogP contribution in [0.25, 0.3) is 0 Å². The highest BCUT2D eigenvalue weighted by atomic mass is 16.2. The molecule has 0 unspecified atom stereocenters.